The quantitative estimate of drug-likeness (QED) is 0.233. The van der Waals surface area contributed by atoms with Crippen molar-refractivity contribution in [2.24, 2.45) is 10.9 Å². The maximum Gasteiger partial charge on any atom is 0.170 e. The molecule has 0 saturated carbocycles. The van der Waals surface area contributed by atoms with Crippen molar-refractivity contribution in [3.63, 3.8) is 0 Å². The SMILES string of the molecule is N/C(=N\O)c1cccc(Oc2ccc3c(c2)S(O)(O)NCN3CCF)c1. The second-order valence-corrected chi connectivity index (χ2v) is 7.37. The summed E-state index contributed by atoms with van der Waals surface area (Å²) in [5.41, 5.74) is 6.58. The number of rotatable bonds is 5. The van der Waals surface area contributed by atoms with Crippen LogP contribution in [0.4, 0.5) is 10.1 Å². The number of anilines is 1. The van der Waals surface area contributed by atoms with E-state index in [9.17, 15) is 13.5 Å². The molecule has 2 aromatic rings. The van der Waals surface area contributed by atoms with Gasteiger partial charge in [-0.3, -0.25) is 9.11 Å². The van der Waals surface area contributed by atoms with E-state index in [0.717, 1.165) is 0 Å². The van der Waals surface area contributed by atoms with E-state index >= 15 is 0 Å². The maximum atomic E-state index is 12.7. The number of ether oxygens (including phenoxy) is 1. The molecule has 2 aromatic carbocycles. The molecule has 10 heteroatoms. The highest BCUT2D eigenvalue weighted by atomic mass is 32.3. The molecule has 0 fully saturated rings. The number of nitrogens with zero attached hydrogens (tertiary/aromatic N) is 2. The van der Waals surface area contributed by atoms with E-state index in [1.165, 1.54) is 6.07 Å². The normalized spacial score (nSPS) is 17.5. The monoisotopic (exact) mass is 382 g/mol. The highest BCUT2D eigenvalue weighted by molar-refractivity contribution is 8.22. The minimum atomic E-state index is -3.20. The summed E-state index contributed by atoms with van der Waals surface area (Å²) in [6, 6.07) is 11.4. The molecule has 0 saturated heterocycles. The Kier molecular flexibility index (Phi) is 5.18. The minimum absolute atomic E-state index is 0.0545. The molecule has 3 rings (SSSR count). The number of nitrogens with one attached hydrogen (secondary N) is 1. The summed E-state index contributed by atoms with van der Waals surface area (Å²) in [6.45, 7) is -0.280. The number of hydrogen-bond donors (Lipinski definition) is 5. The summed E-state index contributed by atoms with van der Waals surface area (Å²) in [5, 5.41) is 11.7. The zero-order valence-electron chi connectivity index (χ0n) is 13.7. The molecular formula is C16H19FN4O4S. The summed E-state index contributed by atoms with van der Waals surface area (Å²) in [5.74, 6) is 0.736. The molecule has 1 aliphatic rings. The van der Waals surface area contributed by atoms with Crippen LogP contribution in [0, 0.1) is 0 Å². The first-order chi connectivity index (χ1) is 12.4. The molecular weight excluding hydrogens is 363 g/mol. The Balaban J connectivity index is 1.91. The summed E-state index contributed by atoms with van der Waals surface area (Å²) in [7, 11) is -3.20. The summed E-state index contributed by atoms with van der Waals surface area (Å²) >= 11 is 0. The van der Waals surface area contributed by atoms with Gasteiger partial charge in [-0.05, 0) is 24.3 Å². The molecule has 0 aliphatic carbocycles. The highest BCUT2D eigenvalue weighted by Gasteiger charge is 2.28. The molecule has 1 aliphatic heterocycles. The number of halogens is 1. The third-order valence-electron chi connectivity index (χ3n) is 3.86. The first kappa shape index (κ1) is 18.3. The Morgan fingerprint density at radius 2 is 2.04 bits per heavy atom. The fourth-order valence-corrected chi connectivity index (χ4v) is 3.85. The number of fused-ring (bicyclic) bond motifs is 1. The zero-order chi connectivity index (χ0) is 18.7. The van der Waals surface area contributed by atoms with Crippen LogP contribution < -0.4 is 20.1 Å². The zero-order valence-corrected chi connectivity index (χ0v) is 14.5. The number of nitrogens with two attached hydrogens (primary N) is 1. The van der Waals surface area contributed by atoms with E-state index in [0.29, 0.717) is 22.7 Å². The minimum Gasteiger partial charge on any atom is -0.457 e. The highest BCUT2D eigenvalue weighted by Crippen LogP contribution is 2.52. The first-order valence-corrected chi connectivity index (χ1v) is 9.23. The Morgan fingerprint density at radius 3 is 2.77 bits per heavy atom. The smallest absolute Gasteiger partial charge is 0.170 e. The van der Waals surface area contributed by atoms with Gasteiger partial charge in [0.15, 0.2) is 5.84 Å². The maximum absolute atomic E-state index is 12.7. The van der Waals surface area contributed by atoms with Gasteiger partial charge in [-0.25, -0.2) is 4.39 Å². The van der Waals surface area contributed by atoms with E-state index < -0.39 is 17.5 Å². The molecule has 0 radical (unpaired) electrons. The van der Waals surface area contributed by atoms with Crippen LogP contribution in [0.15, 0.2) is 52.5 Å². The molecule has 0 amide bonds. The van der Waals surface area contributed by atoms with Crippen molar-refractivity contribution in [2.45, 2.75) is 4.90 Å². The van der Waals surface area contributed by atoms with Gasteiger partial charge in [-0.2, -0.15) is 4.72 Å². The number of amidine groups is 1. The predicted molar refractivity (Wildman–Crippen MR) is 97.9 cm³/mol. The van der Waals surface area contributed by atoms with Crippen LogP contribution in [-0.2, 0) is 0 Å². The number of oxime groups is 1. The van der Waals surface area contributed by atoms with Crippen molar-refractivity contribution < 1.29 is 23.4 Å². The van der Waals surface area contributed by atoms with Crippen molar-refractivity contribution >= 4 is 22.3 Å². The molecule has 140 valence electrons. The standard InChI is InChI=1S/C16H19FN4O4S/c17-6-7-21-10-19-26(23,24)15-9-13(4-5-14(15)21)25-12-3-1-2-11(8-12)16(18)20-22/h1-5,8-9,19,22-24H,6-7,10H2,(H2,18,20). The van der Waals surface area contributed by atoms with Gasteiger partial charge >= 0.3 is 0 Å². The average Bonchev–Trinajstić information content (AvgIpc) is 2.64. The topological polar surface area (TPSA) is 124 Å². The summed E-state index contributed by atoms with van der Waals surface area (Å²) in [6.07, 6.45) is 0. The van der Waals surface area contributed by atoms with Crippen LogP contribution in [0.5, 0.6) is 11.5 Å². The lowest BCUT2D eigenvalue weighted by atomic mass is 10.2. The Bertz CT molecular complexity index is 834. The van der Waals surface area contributed by atoms with Crippen LogP contribution in [0.1, 0.15) is 5.56 Å². The van der Waals surface area contributed by atoms with E-state index in [-0.39, 0.29) is 23.9 Å². The largest absolute Gasteiger partial charge is 0.457 e. The van der Waals surface area contributed by atoms with Crippen molar-refractivity contribution in [3.05, 3.63) is 48.0 Å². The Labute approximate surface area is 151 Å². The molecule has 0 unspecified atom stereocenters. The van der Waals surface area contributed by atoms with Crippen molar-refractivity contribution in [1.82, 2.24) is 4.72 Å². The van der Waals surface area contributed by atoms with Gasteiger partial charge < -0.3 is 20.6 Å². The van der Waals surface area contributed by atoms with Crippen LogP contribution >= 0.6 is 10.8 Å². The molecule has 6 N–H and O–H groups in total. The lowest BCUT2D eigenvalue weighted by Gasteiger charge is -2.43. The second-order valence-electron chi connectivity index (χ2n) is 5.55. The van der Waals surface area contributed by atoms with Crippen molar-refractivity contribution in [3.8, 4) is 11.5 Å². The third kappa shape index (κ3) is 3.68. The molecule has 0 bridgehead atoms. The molecule has 26 heavy (non-hydrogen) atoms. The Morgan fingerprint density at radius 1 is 1.27 bits per heavy atom. The van der Waals surface area contributed by atoms with Gasteiger partial charge in [-0.15, -0.1) is 10.8 Å². The first-order valence-electron chi connectivity index (χ1n) is 7.68. The summed E-state index contributed by atoms with van der Waals surface area (Å²) < 4.78 is 41.6. The third-order valence-corrected chi connectivity index (χ3v) is 5.33. The van der Waals surface area contributed by atoms with E-state index in [1.54, 1.807) is 41.3 Å². The lowest BCUT2D eigenvalue weighted by Crippen LogP contribution is -2.41. The fraction of sp³-hybridized carbons (Fsp3) is 0.188. The van der Waals surface area contributed by atoms with Crippen molar-refractivity contribution in [2.75, 3.05) is 24.8 Å². The van der Waals surface area contributed by atoms with Crippen LogP contribution in [0.2, 0.25) is 0 Å². The lowest BCUT2D eigenvalue weighted by molar-refractivity contribution is 0.318. The second kappa shape index (κ2) is 7.38. The van der Waals surface area contributed by atoms with E-state index in [4.69, 9.17) is 15.7 Å². The molecule has 0 spiro atoms. The number of hydrogen-bond acceptors (Lipinski definition) is 7. The molecule has 0 atom stereocenters. The van der Waals surface area contributed by atoms with E-state index in [1.807, 2.05) is 0 Å². The van der Waals surface area contributed by atoms with Gasteiger partial charge in [0.2, 0.25) is 0 Å². The fourth-order valence-electron chi connectivity index (χ4n) is 2.59. The number of alkyl halides is 1. The van der Waals surface area contributed by atoms with E-state index in [2.05, 4.69) is 9.88 Å². The van der Waals surface area contributed by atoms with Crippen molar-refractivity contribution in [1.29, 1.82) is 0 Å². The van der Waals surface area contributed by atoms with Crippen LogP contribution in [0.3, 0.4) is 0 Å². The summed E-state index contributed by atoms with van der Waals surface area (Å²) in [4.78, 5) is 1.91. The van der Waals surface area contributed by atoms with Gasteiger partial charge in [-0.1, -0.05) is 17.3 Å². The van der Waals surface area contributed by atoms with Gasteiger partial charge in [0, 0.05) is 18.2 Å². The molecule has 0 aromatic heterocycles. The van der Waals surface area contributed by atoms with Gasteiger partial charge in [0.25, 0.3) is 0 Å². The Hall–Kier alpha value is -2.53. The van der Waals surface area contributed by atoms with Gasteiger partial charge in [0.05, 0.1) is 12.4 Å². The molecule has 8 nitrogen and oxygen atoms in total. The predicted octanol–water partition coefficient (Wildman–Crippen LogP) is 2.93. The van der Waals surface area contributed by atoms with Gasteiger partial charge in [0.1, 0.15) is 23.1 Å². The van der Waals surface area contributed by atoms with Crippen LogP contribution in [-0.4, -0.2) is 40.0 Å². The number of benzene rings is 2. The van der Waals surface area contributed by atoms with Crippen LogP contribution in [0.25, 0.3) is 0 Å². The molecule has 1 heterocycles. The average molecular weight is 382 g/mol.